The van der Waals surface area contributed by atoms with Crippen molar-refractivity contribution < 1.29 is 23.1 Å². The van der Waals surface area contributed by atoms with E-state index >= 15 is 0 Å². The van der Waals surface area contributed by atoms with Gasteiger partial charge >= 0.3 is 5.97 Å². The number of hydrogen-bond donors (Lipinski definition) is 2. The Morgan fingerprint density at radius 1 is 1.27 bits per heavy atom. The number of rotatable bonds is 8. The molecule has 0 spiro atoms. The molecule has 0 radical (unpaired) electrons. The average Bonchev–Trinajstić information content (AvgIpc) is 2.43. The SMILES string of the molecule is CCCCC(NC(=O)CS(=O)(=O)c1ccc(Cl)cc1)C(=O)O. The summed E-state index contributed by atoms with van der Waals surface area (Å²) < 4.78 is 24.1. The minimum atomic E-state index is -3.83. The summed E-state index contributed by atoms with van der Waals surface area (Å²) in [4.78, 5) is 22.8. The van der Waals surface area contributed by atoms with Crippen molar-refractivity contribution in [3.63, 3.8) is 0 Å². The first-order valence-electron chi connectivity index (χ1n) is 6.76. The maximum Gasteiger partial charge on any atom is 0.326 e. The van der Waals surface area contributed by atoms with Crippen molar-refractivity contribution in [1.29, 1.82) is 0 Å². The third-order valence-corrected chi connectivity index (χ3v) is 4.86. The fourth-order valence-electron chi connectivity index (χ4n) is 1.80. The van der Waals surface area contributed by atoms with Crippen molar-refractivity contribution in [3.05, 3.63) is 29.3 Å². The van der Waals surface area contributed by atoms with Crippen LogP contribution >= 0.6 is 11.6 Å². The number of aliphatic carboxylic acids is 1. The molecule has 1 atom stereocenters. The summed E-state index contributed by atoms with van der Waals surface area (Å²) in [5, 5.41) is 11.6. The number of carboxylic acids is 1. The number of carboxylic acid groups (broad SMARTS) is 1. The smallest absolute Gasteiger partial charge is 0.326 e. The number of halogens is 1. The molecule has 0 saturated carbocycles. The Hall–Kier alpha value is -1.60. The number of amides is 1. The van der Waals surface area contributed by atoms with Crippen molar-refractivity contribution in [2.45, 2.75) is 37.1 Å². The van der Waals surface area contributed by atoms with Crippen LogP contribution in [0.25, 0.3) is 0 Å². The number of carbonyl (C=O) groups excluding carboxylic acids is 1. The van der Waals surface area contributed by atoms with Crippen molar-refractivity contribution in [2.75, 3.05) is 5.75 Å². The zero-order chi connectivity index (χ0) is 16.8. The average molecular weight is 348 g/mol. The minimum Gasteiger partial charge on any atom is -0.480 e. The molecule has 122 valence electrons. The van der Waals surface area contributed by atoms with Gasteiger partial charge in [-0.05, 0) is 30.7 Å². The molecule has 1 aromatic carbocycles. The Bertz CT molecular complexity index is 627. The lowest BCUT2D eigenvalue weighted by molar-refractivity contribution is -0.141. The molecule has 1 rings (SSSR count). The standard InChI is InChI=1S/C14H18ClNO5S/c1-2-3-4-12(14(18)19)16-13(17)9-22(20,21)11-7-5-10(15)6-8-11/h5-8,12H,2-4,9H2,1H3,(H,16,17)(H,18,19). The van der Waals surface area contributed by atoms with Crippen LogP contribution in [0.1, 0.15) is 26.2 Å². The van der Waals surface area contributed by atoms with Gasteiger partial charge in [-0.3, -0.25) is 4.79 Å². The second kappa shape index (κ2) is 8.14. The maximum atomic E-state index is 12.1. The fraction of sp³-hybridized carbons (Fsp3) is 0.429. The van der Waals surface area contributed by atoms with E-state index in [1.807, 2.05) is 6.92 Å². The molecule has 1 aromatic rings. The highest BCUT2D eigenvalue weighted by Crippen LogP contribution is 2.15. The number of benzene rings is 1. The van der Waals surface area contributed by atoms with E-state index in [4.69, 9.17) is 16.7 Å². The Kier molecular flexibility index (Phi) is 6.83. The lowest BCUT2D eigenvalue weighted by Gasteiger charge is -2.14. The molecular weight excluding hydrogens is 330 g/mol. The molecule has 22 heavy (non-hydrogen) atoms. The Balaban J connectivity index is 2.73. The van der Waals surface area contributed by atoms with E-state index in [1.165, 1.54) is 24.3 Å². The number of unbranched alkanes of at least 4 members (excludes halogenated alkanes) is 1. The number of hydrogen-bond acceptors (Lipinski definition) is 4. The van der Waals surface area contributed by atoms with Gasteiger partial charge in [0.15, 0.2) is 9.84 Å². The highest BCUT2D eigenvalue weighted by molar-refractivity contribution is 7.92. The summed E-state index contributed by atoms with van der Waals surface area (Å²) in [5.41, 5.74) is 0. The maximum absolute atomic E-state index is 12.1. The summed E-state index contributed by atoms with van der Waals surface area (Å²) in [6, 6.07) is 4.35. The highest BCUT2D eigenvalue weighted by atomic mass is 35.5. The second-order valence-corrected chi connectivity index (χ2v) is 7.24. The molecule has 6 nitrogen and oxygen atoms in total. The quantitative estimate of drug-likeness (QED) is 0.747. The third-order valence-electron chi connectivity index (χ3n) is 2.97. The largest absolute Gasteiger partial charge is 0.480 e. The number of sulfone groups is 1. The molecule has 2 N–H and O–H groups in total. The predicted molar refractivity (Wildman–Crippen MR) is 82.6 cm³/mol. The van der Waals surface area contributed by atoms with Gasteiger partial charge in [-0.2, -0.15) is 0 Å². The van der Waals surface area contributed by atoms with E-state index in [1.54, 1.807) is 0 Å². The summed E-state index contributed by atoms with van der Waals surface area (Å²) in [6.07, 6.45) is 1.67. The van der Waals surface area contributed by atoms with Gasteiger partial charge in [-0.1, -0.05) is 31.4 Å². The van der Waals surface area contributed by atoms with E-state index in [0.29, 0.717) is 11.4 Å². The van der Waals surface area contributed by atoms with Gasteiger partial charge in [0, 0.05) is 5.02 Å². The van der Waals surface area contributed by atoms with Crippen LogP contribution < -0.4 is 5.32 Å². The Morgan fingerprint density at radius 3 is 2.36 bits per heavy atom. The van der Waals surface area contributed by atoms with Gasteiger partial charge in [-0.15, -0.1) is 0 Å². The molecule has 8 heteroatoms. The Labute approximate surface area is 134 Å². The molecular formula is C14H18ClNO5S. The summed E-state index contributed by atoms with van der Waals surface area (Å²) in [7, 11) is -3.83. The first kappa shape index (κ1) is 18.4. The van der Waals surface area contributed by atoms with E-state index in [-0.39, 0.29) is 11.3 Å². The van der Waals surface area contributed by atoms with Crippen LogP contribution in [0.5, 0.6) is 0 Å². The number of carbonyl (C=O) groups is 2. The topological polar surface area (TPSA) is 101 Å². The van der Waals surface area contributed by atoms with E-state index in [2.05, 4.69) is 5.32 Å². The minimum absolute atomic E-state index is 0.0347. The molecule has 0 aliphatic carbocycles. The van der Waals surface area contributed by atoms with Crippen LogP contribution in [0.3, 0.4) is 0 Å². The van der Waals surface area contributed by atoms with Gasteiger partial charge in [0.05, 0.1) is 4.90 Å². The predicted octanol–water partition coefficient (Wildman–Crippen LogP) is 1.87. The van der Waals surface area contributed by atoms with E-state index in [9.17, 15) is 18.0 Å². The molecule has 0 aliphatic rings. The second-order valence-electron chi connectivity index (χ2n) is 4.81. The summed E-state index contributed by atoms with van der Waals surface area (Å²) in [6.45, 7) is 1.89. The monoisotopic (exact) mass is 347 g/mol. The Morgan fingerprint density at radius 2 is 1.86 bits per heavy atom. The van der Waals surface area contributed by atoms with Gasteiger partial charge in [0.1, 0.15) is 11.8 Å². The lowest BCUT2D eigenvalue weighted by Crippen LogP contribution is -2.43. The zero-order valence-corrected chi connectivity index (χ0v) is 13.7. The molecule has 0 aliphatic heterocycles. The van der Waals surface area contributed by atoms with Crippen molar-refractivity contribution in [1.82, 2.24) is 5.32 Å². The van der Waals surface area contributed by atoms with Crippen LogP contribution in [0.2, 0.25) is 5.02 Å². The van der Waals surface area contributed by atoms with Crippen LogP contribution in [-0.2, 0) is 19.4 Å². The molecule has 0 fully saturated rings. The van der Waals surface area contributed by atoms with Crippen molar-refractivity contribution >= 4 is 33.3 Å². The fourth-order valence-corrected chi connectivity index (χ4v) is 3.07. The molecule has 1 amide bonds. The normalized spacial score (nSPS) is 12.6. The van der Waals surface area contributed by atoms with Gasteiger partial charge < -0.3 is 10.4 Å². The van der Waals surface area contributed by atoms with Crippen LogP contribution in [-0.4, -0.2) is 37.2 Å². The third kappa shape index (κ3) is 5.65. The van der Waals surface area contributed by atoms with E-state index < -0.39 is 33.5 Å². The van der Waals surface area contributed by atoms with Gasteiger partial charge in [0.2, 0.25) is 5.91 Å². The first-order chi connectivity index (χ1) is 10.3. The van der Waals surface area contributed by atoms with Crippen LogP contribution in [0.15, 0.2) is 29.2 Å². The van der Waals surface area contributed by atoms with Gasteiger partial charge in [0.25, 0.3) is 0 Å². The van der Waals surface area contributed by atoms with Crippen LogP contribution in [0.4, 0.5) is 0 Å². The van der Waals surface area contributed by atoms with Gasteiger partial charge in [-0.25, -0.2) is 13.2 Å². The molecule has 0 heterocycles. The van der Waals surface area contributed by atoms with Crippen molar-refractivity contribution in [2.24, 2.45) is 0 Å². The number of nitrogens with one attached hydrogen (secondary N) is 1. The summed E-state index contributed by atoms with van der Waals surface area (Å²) in [5.74, 6) is -2.81. The van der Waals surface area contributed by atoms with Crippen LogP contribution in [0, 0.1) is 0 Å². The van der Waals surface area contributed by atoms with E-state index in [0.717, 1.165) is 6.42 Å². The zero-order valence-electron chi connectivity index (χ0n) is 12.1. The first-order valence-corrected chi connectivity index (χ1v) is 8.79. The lowest BCUT2D eigenvalue weighted by atomic mass is 10.1. The van der Waals surface area contributed by atoms with Crippen molar-refractivity contribution in [3.8, 4) is 0 Å². The molecule has 0 aromatic heterocycles. The highest BCUT2D eigenvalue weighted by Gasteiger charge is 2.24. The molecule has 1 unspecified atom stereocenters. The summed E-state index contributed by atoms with van der Waals surface area (Å²) >= 11 is 5.68. The molecule has 0 bridgehead atoms. The molecule has 0 saturated heterocycles.